The number of nitrogens with zero attached hydrogens (tertiary/aromatic N) is 3. The lowest BCUT2D eigenvalue weighted by Crippen LogP contribution is -2.43. The van der Waals surface area contributed by atoms with Crippen LogP contribution in [0.4, 0.5) is 10.5 Å². The highest BCUT2D eigenvalue weighted by atomic mass is 32.2. The molecule has 2 fully saturated rings. The Morgan fingerprint density at radius 1 is 1.03 bits per heavy atom. The first-order chi connectivity index (χ1) is 15.6. The summed E-state index contributed by atoms with van der Waals surface area (Å²) in [6, 6.07) is 13.9. The van der Waals surface area contributed by atoms with E-state index in [9.17, 15) is 9.59 Å². The number of urea groups is 1. The van der Waals surface area contributed by atoms with Gasteiger partial charge < -0.3 is 19.3 Å². The van der Waals surface area contributed by atoms with Crippen LogP contribution in [0.1, 0.15) is 22.8 Å². The number of amides is 3. The van der Waals surface area contributed by atoms with Gasteiger partial charge in [0.15, 0.2) is 11.5 Å². The molecule has 0 saturated carbocycles. The molecule has 0 bridgehead atoms. The van der Waals surface area contributed by atoms with Crippen molar-refractivity contribution < 1.29 is 19.1 Å². The minimum absolute atomic E-state index is 0.0241. The Hall–Kier alpha value is -2.87. The molecule has 0 aromatic heterocycles. The molecule has 2 saturated heterocycles. The summed E-state index contributed by atoms with van der Waals surface area (Å²) in [5.74, 6) is 2.48. The number of thioether (sulfide) groups is 1. The zero-order chi connectivity index (χ0) is 22.1. The van der Waals surface area contributed by atoms with Gasteiger partial charge in [-0.25, -0.2) is 4.79 Å². The van der Waals surface area contributed by atoms with Crippen LogP contribution in [0.2, 0.25) is 0 Å². The minimum Gasteiger partial charge on any atom is -0.454 e. The van der Waals surface area contributed by atoms with E-state index in [1.165, 1.54) is 5.56 Å². The zero-order valence-corrected chi connectivity index (χ0v) is 19.0. The maximum absolute atomic E-state index is 13.0. The molecule has 3 amide bonds. The Morgan fingerprint density at radius 3 is 2.69 bits per heavy atom. The SMILES string of the molecule is Cc1ccc(N2CCN(CC(=O)N3CCSC(c4ccc5c(c4)OCO5)CC3)C2=O)cc1. The summed E-state index contributed by atoms with van der Waals surface area (Å²) in [5, 5.41) is 0.313. The molecule has 0 radical (unpaired) electrons. The molecule has 0 spiro atoms. The zero-order valence-electron chi connectivity index (χ0n) is 18.2. The summed E-state index contributed by atoms with van der Waals surface area (Å²) < 4.78 is 10.9. The van der Waals surface area contributed by atoms with Crippen molar-refractivity contribution in [3.8, 4) is 11.5 Å². The van der Waals surface area contributed by atoms with Crippen molar-refractivity contribution in [2.45, 2.75) is 18.6 Å². The fourth-order valence-electron chi connectivity index (χ4n) is 4.36. The molecule has 5 rings (SSSR count). The van der Waals surface area contributed by atoms with E-state index >= 15 is 0 Å². The van der Waals surface area contributed by atoms with Gasteiger partial charge in [-0.15, -0.1) is 0 Å². The van der Waals surface area contributed by atoms with E-state index in [1.807, 2.05) is 53.9 Å². The summed E-state index contributed by atoms with van der Waals surface area (Å²) >= 11 is 1.87. The smallest absolute Gasteiger partial charge is 0.325 e. The van der Waals surface area contributed by atoms with E-state index in [2.05, 4.69) is 12.1 Å². The van der Waals surface area contributed by atoms with E-state index in [4.69, 9.17) is 9.47 Å². The highest BCUT2D eigenvalue weighted by Gasteiger charge is 2.32. The predicted molar refractivity (Wildman–Crippen MR) is 124 cm³/mol. The number of rotatable bonds is 4. The van der Waals surface area contributed by atoms with Crippen molar-refractivity contribution in [2.75, 3.05) is 50.2 Å². The Morgan fingerprint density at radius 2 is 1.84 bits per heavy atom. The van der Waals surface area contributed by atoms with Gasteiger partial charge in [0.1, 0.15) is 6.54 Å². The normalized spacial score (nSPS) is 20.6. The fourth-order valence-corrected chi connectivity index (χ4v) is 5.58. The minimum atomic E-state index is -0.0929. The highest BCUT2D eigenvalue weighted by molar-refractivity contribution is 7.99. The molecule has 1 unspecified atom stereocenters. The topological polar surface area (TPSA) is 62.3 Å². The van der Waals surface area contributed by atoms with Crippen molar-refractivity contribution in [1.29, 1.82) is 0 Å². The monoisotopic (exact) mass is 453 g/mol. The van der Waals surface area contributed by atoms with Gasteiger partial charge >= 0.3 is 6.03 Å². The van der Waals surface area contributed by atoms with E-state index in [0.717, 1.165) is 34.9 Å². The van der Waals surface area contributed by atoms with Gasteiger partial charge in [0.25, 0.3) is 0 Å². The van der Waals surface area contributed by atoms with Crippen molar-refractivity contribution in [3.05, 3.63) is 53.6 Å². The fraction of sp³-hybridized carbons (Fsp3) is 0.417. The number of ether oxygens (including phenoxy) is 2. The maximum atomic E-state index is 13.0. The quantitative estimate of drug-likeness (QED) is 0.707. The van der Waals surface area contributed by atoms with Gasteiger partial charge in [0.05, 0.1) is 0 Å². The third kappa shape index (κ3) is 4.24. The molecule has 3 aliphatic heterocycles. The second-order valence-corrected chi connectivity index (χ2v) is 9.64. The lowest BCUT2D eigenvalue weighted by atomic mass is 10.1. The first-order valence-corrected chi connectivity index (χ1v) is 12.1. The van der Waals surface area contributed by atoms with Crippen LogP contribution in [-0.2, 0) is 4.79 Å². The average molecular weight is 454 g/mol. The molecule has 0 N–H and O–H groups in total. The van der Waals surface area contributed by atoms with E-state index in [1.54, 1.807) is 9.80 Å². The predicted octanol–water partition coefficient (Wildman–Crippen LogP) is 3.67. The largest absolute Gasteiger partial charge is 0.454 e. The Bertz CT molecular complexity index is 1010. The average Bonchev–Trinajstić information content (AvgIpc) is 3.32. The highest BCUT2D eigenvalue weighted by Crippen LogP contribution is 2.40. The first kappa shape index (κ1) is 21.0. The van der Waals surface area contributed by atoms with Gasteiger partial charge in [-0.1, -0.05) is 23.8 Å². The van der Waals surface area contributed by atoms with Crippen LogP contribution in [0, 0.1) is 6.92 Å². The van der Waals surface area contributed by atoms with Gasteiger partial charge in [0.2, 0.25) is 12.7 Å². The molecule has 8 heteroatoms. The van der Waals surface area contributed by atoms with Gasteiger partial charge in [-0.3, -0.25) is 9.69 Å². The van der Waals surface area contributed by atoms with Gasteiger partial charge in [0, 0.05) is 42.9 Å². The standard InChI is InChI=1S/C24H27N3O4S/c1-17-2-5-19(6-3-17)27-11-10-26(24(27)29)15-23(28)25-9-8-22(32-13-12-25)18-4-7-20-21(14-18)31-16-30-20/h2-7,14,22H,8-13,15-16H2,1H3. The molecular weight excluding hydrogens is 426 g/mol. The molecule has 3 aliphatic rings. The molecule has 0 aliphatic carbocycles. The van der Waals surface area contributed by atoms with Crippen molar-refractivity contribution >= 4 is 29.4 Å². The number of aryl methyl sites for hydroxylation is 1. The number of hydrogen-bond acceptors (Lipinski definition) is 5. The van der Waals surface area contributed by atoms with Crippen molar-refractivity contribution in [3.63, 3.8) is 0 Å². The molecule has 2 aromatic carbocycles. The van der Waals surface area contributed by atoms with Crippen LogP contribution in [0.3, 0.4) is 0 Å². The number of carbonyl (C=O) groups excluding carboxylic acids is 2. The lowest BCUT2D eigenvalue weighted by Gasteiger charge is -2.24. The van der Waals surface area contributed by atoms with E-state index in [-0.39, 0.29) is 25.3 Å². The Kier molecular flexibility index (Phi) is 5.87. The van der Waals surface area contributed by atoms with Crippen LogP contribution in [0.25, 0.3) is 0 Å². The van der Waals surface area contributed by atoms with Crippen molar-refractivity contribution in [2.24, 2.45) is 0 Å². The third-order valence-electron chi connectivity index (χ3n) is 6.23. The Labute approximate surface area is 192 Å². The van der Waals surface area contributed by atoms with E-state index < -0.39 is 0 Å². The third-order valence-corrected chi connectivity index (χ3v) is 7.56. The first-order valence-electron chi connectivity index (χ1n) is 11.0. The summed E-state index contributed by atoms with van der Waals surface area (Å²) in [6.45, 7) is 5.01. The van der Waals surface area contributed by atoms with Crippen LogP contribution in [0.5, 0.6) is 11.5 Å². The Balaban J connectivity index is 1.17. The van der Waals surface area contributed by atoms with Crippen LogP contribution >= 0.6 is 11.8 Å². The molecule has 32 heavy (non-hydrogen) atoms. The van der Waals surface area contributed by atoms with Crippen LogP contribution in [-0.4, -0.2) is 67.0 Å². The molecule has 1 atom stereocenters. The van der Waals surface area contributed by atoms with Crippen molar-refractivity contribution in [1.82, 2.24) is 9.80 Å². The molecule has 2 aromatic rings. The lowest BCUT2D eigenvalue weighted by molar-refractivity contribution is -0.131. The number of benzene rings is 2. The summed E-state index contributed by atoms with van der Waals surface area (Å²) in [6.07, 6.45) is 0.874. The molecule has 7 nitrogen and oxygen atoms in total. The molecular formula is C24H27N3O4S. The summed E-state index contributed by atoms with van der Waals surface area (Å²) in [7, 11) is 0. The summed E-state index contributed by atoms with van der Waals surface area (Å²) in [5.41, 5.74) is 3.25. The second kappa shape index (κ2) is 8.94. The molecule has 168 valence electrons. The van der Waals surface area contributed by atoms with Gasteiger partial charge in [-0.2, -0.15) is 11.8 Å². The number of carbonyl (C=O) groups is 2. The van der Waals surface area contributed by atoms with Gasteiger partial charge in [-0.05, 0) is 43.2 Å². The number of hydrogen-bond donors (Lipinski definition) is 0. The van der Waals surface area contributed by atoms with Crippen LogP contribution in [0.15, 0.2) is 42.5 Å². The number of anilines is 1. The van der Waals surface area contributed by atoms with E-state index in [0.29, 0.717) is 31.4 Å². The summed E-state index contributed by atoms with van der Waals surface area (Å²) in [4.78, 5) is 31.2. The van der Waals surface area contributed by atoms with Crippen LogP contribution < -0.4 is 14.4 Å². The maximum Gasteiger partial charge on any atom is 0.325 e. The second-order valence-electron chi connectivity index (χ2n) is 8.33. The number of fused-ring (bicyclic) bond motifs is 1. The molecule has 3 heterocycles.